The minimum atomic E-state index is -1.30. The van der Waals surface area contributed by atoms with E-state index in [2.05, 4.69) is 16.7 Å². The third kappa shape index (κ3) is 8.25. The summed E-state index contributed by atoms with van der Waals surface area (Å²) in [5.41, 5.74) is 6.69. The first-order chi connectivity index (χ1) is 17.7. The molecule has 10 heteroatoms. The quantitative estimate of drug-likeness (QED) is 0.324. The summed E-state index contributed by atoms with van der Waals surface area (Å²) in [5, 5.41) is 5.56. The lowest BCUT2D eigenvalue weighted by Crippen LogP contribution is -2.51. The Morgan fingerprint density at radius 2 is 1.71 bits per heavy atom. The van der Waals surface area contributed by atoms with Crippen molar-refractivity contribution in [2.45, 2.75) is 65.1 Å². The summed E-state index contributed by atoms with van der Waals surface area (Å²) in [6.45, 7) is 8.54. The predicted molar refractivity (Wildman–Crippen MR) is 146 cm³/mol. The van der Waals surface area contributed by atoms with E-state index in [1.807, 2.05) is 0 Å². The van der Waals surface area contributed by atoms with Crippen molar-refractivity contribution in [1.82, 2.24) is 10.2 Å². The van der Waals surface area contributed by atoms with E-state index in [4.69, 9.17) is 28.5 Å². The number of carbonyl (C=O) groups excluding carboxylic acids is 4. The number of anilines is 1. The third-order valence-electron chi connectivity index (χ3n) is 5.50. The van der Waals surface area contributed by atoms with Crippen molar-refractivity contribution in [3.05, 3.63) is 64.2 Å². The van der Waals surface area contributed by atoms with Gasteiger partial charge in [0.15, 0.2) is 0 Å². The molecule has 2 unspecified atom stereocenters. The molecule has 0 aliphatic carbocycles. The van der Waals surface area contributed by atoms with Crippen LogP contribution >= 0.6 is 11.6 Å². The summed E-state index contributed by atoms with van der Waals surface area (Å²) in [6, 6.07) is 11.8. The van der Waals surface area contributed by atoms with Crippen molar-refractivity contribution in [3.63, 3.8) is 0 Å². The summed E-state index contributed by atoms with van der Waals surface area (Å²) < 4.78 is 5.27. The van der Waals surface area contributed by atoms with Gasteiger partial charge in [0.2, 0.25) is 5.91 Å². The largest absolute Gasteiger partial charge is 0.444 e. The zero-order valence-electron chi connectivity index (χ0n) is 22.1. The fourth-order valence-corrected chi connectivity index (χ4v) is 3.97. The minimum Gasteiger partial charge on any atom is -0.444 e. The number of nitrogens with one attached hydrogen (secondary N) is 2. The molecule has 2 rings (SSSR count). The predicted octanol–water partition coefficient (Wildman–Crippen LogP) is 4.21. The molecule has 4 N–H and O–H groups in total. The van der Waals surface area contributed by atoms with E-state index in [1.165, 1.54) is 0 Å². The van der Waals surface area contributed by atoms with Crippen LogP contribution < -0.4 is 16.4 Å². The first kappa shape index (κ1) is 30.2. The maximum absolute atomic E-state index is 13.8. The lowest BCUT2D eigenvalue weighted by Gasteiger charge is -2.31. The minimum absolute atomic E-state index is 0.155. The van der Waals surface area contributed by atoms with Gasteiger partial charge in [0.25, 0.3) is 11.8 Å². The SMILES string of the molecule is C#CN(C(=O)C(CCC(N)=O)NC(=O)OC(C)(C)C)C(C(=O)Nc1c(C)cccc1Cl)c1ccccc1C. The molecule has 0 aliphatic heterocycles. The van der Waals surface area contributed by atoms with E-state index in [9.17, 15) is 19.2 Å². The zero-order valence-corrected chi connectivity index (χ0v) is 22.9. The van der Waals surface area contributed by atoms with Crippen LogP contribution in [0.1, 0.15) is 56.3 Å². The van der Waals surface area contributed by atoms with Gasteiger partial charge in [-0.15, -0.1) is 0 Å². The second kappa shape index (κ2) is 13.0. The molecule has 2 atom stereocenters. The molecule has 0 fully saturated rings. The molecular weight excluding hydrogens is 508 g/mol. The molecule has 38 heavy (non-hydrogen) atoms. The monoisotopic (exact) mass is 540 g/mol. The number of hydrogen-bond acceptors (Lipinski definition) is 5. The molecule has 9 nitrogen and oxygen atoms in total. The van der Waals surface area contributed by atoms with Gasteiger partial charge < -0.3 is 21.1 Å². The molecular formula is C28H33ClN4O5. The summed E-state index contributed by atoms with van der Waals surface area (Å²) in [6.07, 6.45) is 4.53. The Labute approximate surface area is 228 Å². The number of rotatable bonds is 9. The summed E-state index contributed by atoms with van der Waals surface area (Å²) in [7, 11) is 0. The second-order valence-corrected chi connectivity index (χ2v) is 10.1. The fraction of sp³-hybridized carbons (Fsp3) is 0.357. The number of para-hydroxylation sites is 1. The van der Waals surface area contributed by atoms with Crippen molar-refractivity contribution in [2.75, 3.05) is 5.32 Å². The number of amides is 4. The Morgan fingerprint density at radius 3 is 2.26 bits per heavy atom. The number of carbonyl (C=O) groups is 4. The first-order valence-corrected chi connectivity index (χ1v) is 12.3. The van der Waals surface area contributed by atoms with E-state index >= 15 is 0 Å². The van der Waals surface area contributed by atoms with Gasteiger partial charge >= 0.3 is 6.09 Å². The van der Waals surface area contributed by atoms with Gasteiger partial charge in [-0.05, 0) is 63.8 Å². The standard InChI is InChI=1S/C28H33ClN4O5/c1-7-33(26(36)21(15-16-22(30)34)31-27(37)38-28(4,5)6)24(19-13-9-8-11-17(19)2)25(35)32-23-18(3)12-10-14-20(23)29/h1,8-14,21,24H,15-16H2,2-6H3,(H2,30,34)(H,31,37)(H,32,35). The van der Waals surface area contributed by atoms with Gasteiger partial charge in [0, 0.05) is 12.5 Å². The number of aryl methyl sites for hydroxylation is 2. The Bertz CT molecular complexity index is 1230. The molecule has 0 saturated heterocycles. The highest BCUT2D eigenvalue weighted by atomic mass is 35.5. The Kier molecular flexibility index (Phi) is 10.3. The highest BCUT2D eigenvalue weighted by Gasteiger charge is 2.37. The molecule has 0 aliphatic rings. The van der Waals surface area contributed by atoms with Crippen molar-refractivity contribution in [3.8, 4) is 12.5 Å². The molecule has 0 aromatic heterocycles. The van der Waals surface area contributed by atoms with E-state index in [-0.39, 0.29) is 12.8 Å². The molecule has 202 valence electrons. The van der Waals surface area contributed by atoms with Crippen LogP contribution in [-0.4, -0.2) is 40.4 Å². The van der Waals surface area contributed by atoms with Crippen LogP contribution in [-0.2, 0) is 19.1 Å². The average Bonchev–Trinajstić information content (AvgIpc) is 2.81. The van der Waals surface area contributed by atoms with E-state index in [0.29, 0.717) is 27.4 Å². The number of halogens is 1. The molecule has 0 bridgehead atoms. The number of nitrogens with two attached hydrogens (primary N) is 1. The topological polar surface area (TPSA) is 131 Å². The molecule has 0 heterocycles. The first-order valence-electron chi connectivity index (χ1n) is 11.9. The van der Waals surface area contributed by atoms with Gasteiger partial charge in [0.1, 0.15) is 17.7 Å². The normalized spacial score (nSPS) is 12.4. The zero-order chi connectivity index (χ0) is 28.6. The molecule has 4 amide bonds. The summed E-state index contributed by atoms with van der Waals surface area (Å²) >= 11 is 6.32. The smallest absolute Gasteiger partial charge is 0.408 e. The van der Waals surface area contributed by atoms with Crippen LogP contribution in [0.4, 0.5) is 10.5 Å². The summed E-state index contributed by atoms with van der Waals surface area (Å²) in [5.74, 6) is -2.09. The Balaban J connectivity index is 2.52. The molecule has 0 saturated carbocycles. The van der Waals surface area contributed by atoms with Crippen LogP contribution in [0.5, 0.6) is 0 Å². The van der Waals surface area contributed by atoms with Crippen LogP contribution in [0, 0.1) is 26.3 Å². The van der Waals surface area contributed by atoms with Crippen molar-refractivity contribution in [1.29, 1.82) is 0 Å². The Hall–Kier alpha value is -4.03. The second-order valence-electron chi connectivity index (χ2n) is 9.72. The molecule has 2 aromatic rings. The number of terminal acetylenes is 1. The average molecular weight is 541 g/mol. The lowest BCUT2D eigenvalue weighted by atomic mass is 9.98. The van der Waals surface area contributed by atoms with Crippen LogP contribution in [0.15, 0.2) is 42.5 Å². The Morgan fingerprint density at radius 1 is 1.08 bits per heavy atom. The highest BCUT2D eigenvalue weighted by molar-refractivity contribution is 6.34. The van der Waals surface area contributed by atoms with Crippen molar-refractivity contribution < 1.29 is 23.9 Å². The number of nitrogens with zero attached hydrogens (tertiary/aromatic N) is 1. The molecule has 0 radical (unpaired) electrons. The van der Waals surface area contributed by atoms with Crippen LogP contribution in [0.2, 0.25) is 5.02 Å². The molecule has 2 aromatic carbocycles. The van der Waals surface area contributed by atoms with E-state index in [1.54, 1.807) is 77.1 Å². The number of benzene rings is 2. The molecule has 0 spiro atoms. The fourth-order valence-electron chi connectivity index (χ4n) is 3.70. The summed E-state index contributed by atoms with van der Waals surface area (Å²) in [4.78, 5) is 52.4. The number of primary amides is 1. The van der Waals surface area contributed by atoms with Gasteiger partial charge in [-0.3, -0.25) is 19.3 Å². The van der Waals surface area contributed by atoms with Crippen molar-refractivity contribution in [2.24, 2.45) is 5.73 Å². The number of alkyl carbamates (subject to hydrolysis) is 1. The van der Waals surface area contributed by atoms with Gasteiger partial charge in [-0.1, -0.05) is 54.4 Å². The number of hydrogen-bond donors (Lipinski definition) is 3. The van der Waals surface area contributed by atoms with E-state index < -0.39 is 41.5 Å². The van der Waals surface area contributed by atoms with Crippen LogP contribution in [0.25, 0.3) is 0 Å². The maximum Gasteiger partial charge on any atom is 0.408 e. The third-order valence-corrected chi connectivity index (χ3v) is 5.82. The van der Waals surface area contributed by atoms with Gasteiger partial charge in [-0.2, -0.15) is 0 Å². The maximum atomic E-state index is 13.8. The van der Waals surface area contributed by atoms with E-state index in [0.717, 1.165) is 4.90 Å². The highest BCUT2D eigenvalue weighted by Crippen LogP contribution is 2.30. The van der Waals surface area contributed by atoms with Crippen molar-refractivity contribution >= 4 is 41.1 Å². The van der Waals surface area contributed by atoms with Gasteiger partial charge in [0.05, 0.1) is 10.7 Å². The lowest BCUT2D eigenvalue weighted by molar-refractivity contribution is -0.137. The van der Waals surface area contributed by atoms with Gasteiger partial charge in [-0.25, -0.2) is 4.79 Å². The van der Waals surface area contributed by atoms with Crippen LogP contribution in [0.3, 0.4) is 0 Å². The number of ether oxygens (including phenoxy) is 1.